The SMILES string of the molecule is C/C=C1\C=CC(CCC)[I-]1. The van der Waals surface area contributed by atoms with Gasteiger partial charge in [-0.05, 0) is 0 Å². The van der Waals surface area contributed by atoms with Crippen molar-refractivity contribution >= 4 is 0 Å². The summed E-state index contributed by atoms with van der Waals surface area (Å²) in [5.41, 5.74) is 0. The molecule has 58 valence electrons. The van der Waals surface area contributed by atoms with Gasteiger partial charge in [0.1, 0.15) is 0 Å². The van der Waals surface area contributed by atoms with Crippen LogP contribution in [0.1, 0.15) is 26.7 Å². The zero-order valence-electron chi connectivity index (χ0n) is 6.60. The van der Waals surface area contributed by atoms with Gasteiger partial charge >= 0.3 is 73.6 Å². The van der Waals surface area contributed by atoms with Crippen LogP contribution in [0, 0.1) is 0 Å². The van der Waals surface area contributed by atoms with Gasteiger partial charge in [-0.1, -0.05) is 0 Å². The molecule has 1 rings (SSSR count). The minimum atomic E-state index is 0.354. The summed E-state index contributed by atoms with van der Waals surface area (Å²) in [4.78, 5) is 0. The third kappa shape index (κ3) is 2.11. The monoisotopic (exact) mass is 249 g/mol. The van der Waals surface area contributed by atoms with Gasteiger partial charge in [0.2, 0.25) is 0 Å². The Bertz CT molecular complexity index is 156. The van der Waals surface area contributed by atoms with Crippen LogP contribution < -0.4 is 21.2 Å². The Hall–Kier alpha value is 0.210. The standard InChI is InChI=1S/C9H14I/c1-3-5-9-7-6-8(4-2)10-9/h4,6-7,9H,3,5H2,1-2H3/q-1/b8-4+. The van der Waals surface area contributed by atoms with Crippen LogP contribution in [0.25, 0.3) is 0 Å². The molecule has 1 atom stereocenters. The molecule has 0 saturated heterocycles. The van der Waals surface area contributed by atoms with Gasteiger partial charge in [-0.3, -0.25) is 0 Å². The van der Waals surface area contributed by atoms with Crippen LogP contribution in [0.4, 0.5) is 0 Å². The second-order valence-electron chi connectivity index (χ2n) is 2.45. The Morgan fingerprint density at radius 1 is 1.70 bits per heavy atom. The number of alkyl halides is 1. The topological polar surface area (TPSA) is 0 Å². The van der Waals surface area contributed by atoms with Gasteiger partial charge in [-0.2, -0.15) is 0 Å². The summed E-state index contributed by atoms with van der Waals surface area (Å²) in [6.45, 7) is 4.42. The van der Waals surface area contributed by atoms with E-state index in [2.05, 4.69) is 32.1 Å². The molecule has 1 heterocycles. The average molecular weight is 249 g/mol. The van der Waals surface area contributed by atoms with Gasteiger partial charge in [-0.15, -0.1) is 0 Å². The van der Waals surface area contributed by atoms with Crippen LogP contribution in [-0.2, 0) is 0 Å². The molecule has 0 nitrogen and oxygen atoms in total. The second-order valence-corrected chi connectivity index (χ2v) is 5.91. The van der Waals surface area contributed by atoms with Crippen molar-refractivity contribution in [2.24, 2.45) is 0 Å². The van der Waals surface area contributed by atoms with Crippen LogP contribution in [0.3, 0.4) is 0 Å². The van der Waals surface area contributed by atoms with Gasteiger partial charge in [0.25, 0.3) is 0 Å². The zero-order valence-corrected chi connectivity index (χ0v) is 8.76. The van der Waals surface area contributed by atoms with Crippen molar-refractivity contribution in [3.8, 4) is 0 Å². The molecule has 1 aliphatic heterocycles. The average Bonchev–Trinajstić information content (AvgIpc) is 2.37. The molecule has 0 bridgehead atoms. The van der Waals surface area contributed by atoms with Crippen molar-refractivity contribution < 1.29 is 21.2 Å². The normalized spacial score (nSPS) is 29.0. The molecule has 0 radical (unpaired) electrons. The summed E-state index contributed by atoms with van der Waals surface area (Å²) in [5, 5.41) is 0. The molecule has 0 saturated carbocycles. The number of rotatable bonds is 2. The van der Waals surface area contributed by atoms with E-state index >= 15 is 0 Å². The summed E-state index contributed by atoms with van der Waals surface area (Å²) in [6, 6.07) is 0. The molecule has 1 heteroatoms. The Kier molecular flexibility index (Phi) is 3.46. The molecule has 1 unspecified atom stereocenters. The van der Waals surface area contributed by atoms with Gasteiger partial charge < -0.3 is 0 Å². The first-order valence-corrected chi connectivity index (χ1v) is 6.17. The maximum absolute atomic E-state index is 2.39. The first kappa shape index (κ1) is 8.31. The van der Waals surface area contributed by atoms with Crippen molar-refractivity contribution in [3.63, 3.8) is 0 Å². The van der Waals surface area contributed by atoms with Crippen molar-refractivity contribution in [2.45, 2.75) is 30.6 Å². The molecule has 1 aliphatic rings. The Morgan fingerprint density at radius 3 is 3.00 bits per heavy atom. The van der Waals surface area contributed by atoms with E-state index in [1.165, 1.54) is 12.8 Å². The van der Waals surface area contributed by atoms with E-state index < -0.39 is 0 Å². The van der Waals surface area contributed by atoms with E-state index in [1.807, 2.05) is 0 Å². The second kappa shape index (κ2) is 4.16. The first-order valence-electron chi connectivity index (χ1n) is 3.84. The number of allylic oxidation sites excluding steroid dienone is 4. The van der Waals surface area contributed by atoms with Gasteiger partial charge in [-0.25, -0.2) is 0 Å². The molecular formula is C9H14I-. The molecule has 0 amide bonds. The third-order valence-electron chi connectivity index (χ3n) is 1.57. The van der Waals surface area contributed by atoms with Crippen LogP contribution in [0.5, 0.6) is 0 Å². The predicted octanol–water partition coefficient (Wildman–Crippen LogP) is -0.282. The van der Waals surface area contributed by atoms with Crippen molar-refractivity contribution in [2.75, 3.05) is 0 Å². The molecule has 0 N–H and O–H groups in total. The number of halogens is 1. The van der Waals surface area contributed by atoms with Crippen LogP contribution in [0.2, 0.25) is 0 Å². The fourth-order valence-electron chi connectivity index (χ4n) is 1.02. The van der Waals surface area contributed by atoms with Gasteiger partial charge in [0.15, 0.2) is 0 Å². The molecule has 10 heavy (non-hydrogen) atoms. The van der Waals surface area contributed by atoms with Crippen LogP contribution >= 0.6 is 0 Å². The molecule has 0 aliphatic carbocycles. The van der Waals surface area contributed by atoms with E-state index in [0.717, 1.165) is 3.92 Å². The van der Waals surface area contributed by atoms with E-state index in [0.29, 0.717) is 21.2 Å². The number of hydrogen-bond donors (Lipinski definition) is 0. The Labute approximate surface area is 73.7 Å². The molecule has 0 aromatic rings. The van der Waals surface area contributed by atoms with Crippen LogP contribution in [0.15, 0.2) is 21.8 Å². The minimum absolute atomic E-state index is 0.354. The quantitative estimate of drug-likeness (QED) is 0.466. The summed E-state index contributed by atoms with van der Waals surface area (Å²) in [6.07, 6.45) is 9.71. The van der Waals surface area contributed by atoms with E-state index in [9.17, 15) is 0 Å². The third-order valence-corrected chi connectivity index (χ3v) is 5.11. The van der Waals surface area contributed by atoms with Crippen molar-refractivity contribution in [1.82, 2.24) is 0 Å². The van der Waals surface area contributed by atoms with Gasteiger partial charge in [0.05, 0.1) is 0 Å². The molecule has 0 spiro atoms. The zero-order chi connectivity index (χ0) is 7.40. The number of hydrogen-bond acceptors (Lipinski definition) is 0. The predicted molar refractivity (Wildman–Crippen MR) is 41.6 cm³/mol. The maximum atomic E-state index is 2.39. The summed E-state index contributed by atoms with van der Waals surface area (Å²) >= 11 is 0.354. The van der Waals surface area contributed by atoms with E-state index in [4.69, 9.17) is 0 Å². The fraction of sp³-hybridized carbons (Fsp3) is 0.556. The van der Waals surface area contributed by atoms with E-state index in [-0.39, 0.29) is 0 Å². The molecule has 0 fully saturated rings. The Morgan fingerprint density at radius 2 is 2.50 bits per heavy atom. The van der Waals surface area contributed by atoms with Crippen molar-refractivity contribution in [1.29, 1.82) is 0 Å². The summed E-state index contributed by atoms with van der Waals surface area (Å²) in [7, 11) is 0. The first-order chi connectivity index (χ1) is 4.86. The molecule has 0 aromatic carbocycles. The van der Waals surface area contributed by atoms with E-state index in [1.54, 1.807) is 3.58 Å². The molecule has 0 aromatic heterocycles. The van der Waals surface area contributed by atoms with Crippen LogP contribution in [-0.4, -0.2) is 3.92 Å². The fourth-order valence-corrected chi connectivity index (χ4v) is 4.06. The molecular weight excluding hydrogens is 235 g/mol. The van der Waals surface area contributed by atoms with Crippen molar-refractivity contribution in [3.05, 3.63) is 21.8 Å². The summed E-state index contributed by atoms with van der Waals surface area (Å²) in [5.74, 6) is 0. The Balaban J connectivity index is 2.38. The van der Waals surface area contributed by atoms with Gasteiger partial charge in [0, 0.05) is 0 Å². The summed E-state index contributed by atoms with van der Waals surface area (Å²) < 4.78 is 2.58.